The molecule has 0 aromatic heterocycles. The molecule has 0 amide bonds. The van der Waals surface area contributed by atoms with Crippen molar-refractivity contribution in [1.82, 2.24) is 0 Å². The fourth-order valence-corrected chi connectivity index (χ4v) is 1.02. The van der Waals surface area contributed by atoms with Gasteiger partial charge in [-0.1, -0.05) is 36.3 Å². The number of rotatable bonds is 3. The summed E-state index contributed by atoms with van der Waals surface area (Å²) in [5.74, 6) is 1.87. The molecule has 0 fully saturated rings. The van der Waals surface area contributed by atoms with Crippen molar-refractivity contribution in [3.05, 3.63) is 35.9 Å². The van der Waals surface area contributed by atoms with Crippen LogP contribution in [0.25, 0.3) is 0 Å². The molecule has 1 aromatic carbocycles. The van der Waals surface area contributed by atoms with Gasteiger partial charge in [-0.15, -0.1) is 6.42 Å². The van der Waals surface area contributed by atoms with Gasteiger partial charge in [-0.25, -0.2) is 0 Å². The van der Waals surface area contributed by atoms with E-state index in [1.54, 1.807) is 24.3 Å². The molecular formula is C11H10O2. The van der Waals surface area contributed by atoms with E-state index >= 15 is 0 Å². The predicted octanol–water partition coefficient (Wildman–Crippen LogP) is 1.31. The van der Waals surface area contributed by atoms with Crippen LogP contribution in [-0.2, 0) is 4.79 Å². The molecule has 1 rings (SSSR count). The van der Waals surface area contributed by atoms with Crippen LogP contribution in [0.15, 0.2) is 30.3 Å². The summed E-state index contributed by atoms with van der Waals surface area (Å²) in [5.41, 5.74) is 0.586. The van der Waals surface area contributed by atoms with E-state index in [1.165, 1.54) is 0 Å². The van der Waals surface area contributed by atoms with Gasteiger partial charge in [-0.2, -0.15) is 0 Å². The minimum absolute atomic E-state index is 0.0317. The first-order chi connectivity index (χ1) is 6.25. The number of carbonyl (C=O) groups is 1. The molecule has 0 aliphatic rings. The van der Waals surface area contributed by atoms with Crippen molar-refractivity contribution in [1.29, 1.82) is 0 Å². The monoisotopic (exact) mass is 174 g/mol. The van der Waals surface area contributed by atoms with Crippen molar-refractivity contribution >= 4 is 5.78 Å². The molecule has 0 bridgehead atoms. The van der Waals surface area contributed by atoms with E-state index in [-0.39, 0.29) is 12.2 Å². The molecule has 0 aliphatic heterocycles. The topological polar surface area (TPSA) is 37.3 Å². The van der Waals surface area contributed by atoms with Gasteiger partial charge >= 0.3 is 0 Å². The number of Topliss-reactive ketones (excluding diaryl/α,β-unsaturated/α-hetero) is 1. The Balaban J connectivity index is 2.75. The summed E-state index contributed by atoms with van der Waals surface area (Å²) >= 11 is 0. The van der Waals surface area contributed by atoms with Gasteiger partial charge in [0.1, 0.15) is 6.10 Å². The maximum Gasteiger partial charge on any atom is 0.177 e. The van der Waals surface area contributed by atoms with Crippen LogP contribution < -0.4 is 0 Å². The smallest absolute Gasteiger partial charge is 0.177 e. The van der Waals surface area contributed by atoms with E-state index in [0.29, 0.717) is 5.56 Å². The fourth-order valence-electron chi connectivity index (χ4n) is 1.02. The summed E-state index contributed by atoms with van der Waals surface area (Å²) in [6.07, 6.45) is 3.85. The average Bonchev–Trinajstić information content (AvgIpc) is 2.18. The molecule has 2 nitrogen and oxygen atoms in total. The van der Waals surface area contributed by atoms with Crippen LogP contribution in [0.1, 0.15) is 18.1 Å². The van der Waals surface area contributed by atoms with Gasteiger partial charge in [0.2, 0.25) is 0 Å². The number of aliphatic hydroxyl groups is 1. The molecule has 66 valence electrons. The summed E-state index contributed by atoms with van der Waals surface area (Å²) in [4.78, 5) is 11.2. The Morgan fingerprint density at radius 3 is 2.62 bits per heavy atom. The molecule has 1 aromatic rings. The number of hydrogen-bond acceptors (Lipinski definition) is 2. The predicted molar refractivity (Wildman–Crippen MR) is 49.9 cm³/mol. The number of hydrogen-bond donors (Lipinski definition) is 1. The van der Waals surface area contributed by atoms with Crippen molar-refractivity contribution in [2.75, 3.05) is 0 Å². The standard InChI is InChI=1S/C11H10O2/c1-2-6-10(12)11(13)9-7-4-3-5-8-9/h1,3-5,7-8,11,13H,6H2. The number of benzene rings is 1. The largest absolute Gasteiger partial charge is 0.381 e. The summed E-state index contributed by atoms with van der Waals surface area (Å²) in [5, 5.41) is 9.48. The van der Waals surface area contributed by atoms with Crippen LogP contribution >= 0.6 is 0 Å². The zero-order valence-electron chi connectivity index (χ0n) is 7.10. The minimum atomic E-state index is -1.09. The van der Waals surface area contributed by atoms with Crippen molar-refractivity contribution < 1.29 is 9.90 Å². The Kier molecular flexibility index (Phi) is 3.24. The van der Waals surface area contributed by atoms with Crippen LogP contribution in [0, 0.1) is 12.3 Å². The third-order valence-electron chi connectivity index (χ3n) is 1.70. The van der Waals surface area contributed by atoms with Crippen LogP contribution in [-0.4, -0.2) is 10.9 Å². The first kappa shape index (κ1) is 9.50. The lowest BCUT2D eigenvalue weighted by molar-refractivity contribution is -0.126. The lowest BCUT2D eigenvalue weighted by Gasteiger charge is -2.06. The van der Waals surface area contributed by atoms with Crippen molar-refractivity contribution in [3.63, 3.8) is 0 Å². The third kappa shape index (κ3) is 2.43. The Hall–Kier alpha value is -1.59. The normalized spacial score (nSPS) is 11.7. The first-order valence-corrected chi connectivity index (χ1v) is 3.95. The fraction of sp³-hybridized carbons (Fsp3) is 0.182. The summed E-state index contributed by atoms with van der Waals surface area (Å²) in [7, 11) is 0. The van der Waals surface area contributed by atoms with E-state index in [2.05, 4.69) is 5.92 Å². The van der Waals surface area contributed by atoms with Gasteiger partial charge in [0.25, 0.3) is 0 Å². The van der Waals surface area contributed by atoms with Gasteiger partial charge in [-0.05, 0) is 5.56 Å². The van der Waals surface area contributed by atoms with Gasteiger partial charge in [-0.3, -0.25) is 4.79 Å². The SMILES string of the molecule is C#CCC(=O)C(O)c1ccccc1. The van der Waals surface area contributed by atoms with Gasteiger partial charge in [0.05, 0.1) is 6.42 Å². The molecule has 0 saturated heterocycles. The van der Waals surface area contributed by atoms with Crippen LogP contribution in [0.5, 0.6) is 0 Å². The van der Waals surface area contributed by atoms with E-state index in [4.69, 9.17) is 6.42 Å². The first-order valence-electron chi connectivity index (χ1n) is 3.95. The average molecular weight is 174 g/mol. The zero-order valence-corrected chi connectivity index (χ0v) is 7.10. The van der Waals surface area contributed by atoms with Crippen LogP contribution in [0.2, 0.25) is 0 Å². The molecule has 1 atom stereocenters. The summed E-state index contributed by atoms with van der Waals surface area (Å²) < 4.78 is 0. The Labute approximate surface area is 77.2 Å². The van der Waals surface area contributed by atoms with Crippen molar-refractivity contribution in [3.8, 4) is 12.3 Å². The number of ketones is 1. The summed E-state index contributed by atoms with van der Waals surface area (Å²) in [6.45, 7) is 0. The Morgan fingerprint density at radius 1 is 1.46 bits per heavy atom. The Bertz CT molecular complexity index is 322. The zero-order chi connectivity index (χ0) is 9.68. The highest BCUT2D eigenvalue weighted by Crippen LogP contribution is 2.13. The highest BCUT2D eigenvalue weighted by atomic mass is 16.3. The number of carbonyl (C=O) groups excluding carboxylic acids is 1. The van der Waals surface area contributed by atoms with E-state index in [9.17, 15) is 9.90 Å². The van der Waals surface area contributed by atoms with E-state index in [1.807, 2.05) is 6.07 Å². The molecule has 1 unspecified atom stereocenters. The van der Waals surface area contributed by atoms with E-state index in [0.717, 1.165) is 0 Å². The lowest BCUT2D eigenvalue weighted by atomic mass is 10.0. The van der Waals surface area contributed by atoms with Gasteiger partial charge in [0.15, 0.2) is 5.78 Å². The second-order valence-corrected chi connectivity index (χ2v) is 2.66. The highest BCUT2D eigenvalue weighted by Gasteiger charge is 2.14. The molecule has 0 aliphatic carbocycles. The van der Waals surface area contributed by atoms with Gasteiger partial charge < -0.3 is 5.11 Å². The van der Waals surface area contributed by atoms with Crippen LogP contribution in [0.4, 0.5) is 0 Å². The molecule has 2 heteroatoms. The molecular weight excluding hydrogens is 164 g/mol. The maximum atomic E-state index is 11.2. The number of terminal acetylenes is 1. The van der Waals surface area contributed by atoms with Crippen LogP contribution in [0.3, 0.4) is 0 Å². The van der Waals surface area contributed by atoms with Crippen molar-refractivity contribution in [2.24, 2.45) is 0 Å². The lowest BCUT2D eigenvalue weighted by Crippen LogP contribution is -2.10. The maximum absolute atomic E-state index is 11.2. The molecule has 1 N–H and O–H groups in total. The third-order valence-corrected chi connectivity index (χ3v) is 1.70. The molecule has 0 saturated carbocycles. The van der Waals surface area contributed by atoms with Gasteiger partial charge in [0, 0.05) is 0 Å². The number of aliphatic hydroxyl groups excluding tert-OH is 1. The highest BCUT2D eigenvalue weighted by molar-refractivity contribution is 5.85. The minimum Gasteiger partial charge on any atom is -0.381 e. The Morgan fingerprint density at radius 2 is 2.08 bits per heavy atom. The molecule has 13 heavy (non-hydrogen) atoms. The molecule has 0 radical (unpaired) electrons. The second-order valence-electron chi connectivity index (χ2n) is 2.66. The second kappa shape index (κ2) is 4.44. The molecule has 0 heterocycles. The summed E-state index contributed by atoms with van der Waals surface area (Å²) in [6, 6.07) is 8.74. The quantitative estimate of drug-likeness (QED) is 0.701. The van der Waals surface area contributed by atoms with E-state index < -0.39 is 6.10 Å². The van der Waals surface area contributed by atoms with Crippen molar-refractivity contribution in [2.45, 2.75) is 12.5 Å². The molecule has 0 spiro atoms.